The highest BCUT2D eigenvalue weighted by atomic mass is 35.5. The van der Waals surface area contributed by atoms with Crippen molar-refractivity contribution in [2.75, 3.05) is 13.1 Å². The van der Waals surface area contributed by atoms with Gasteiger partial charge >= 0.3 is 0 Å². The van der Waals surface area contributed by atoms with Crippen LogP contribution in [0.4, 0.5) is 0 Å². The minimum atomic E-state index is 0.317. The van der Waals surface area contributed by atoms with Gasteiger partial charge < -0.3 is 0 Å². The molecule has 1 atom stereocenters. The summed E-state index contributed by atoms with van der Waals surface area (Å²) in [4.78, 5) is 2.53. The molecule has 0 amide bonds. The van der Waals surface area contributed by atoms with Crippen LogP contribution in [0, 0.1) is 5.92 Å². The Morgan fingerprint density at radius 2 is 1.90 bits per heavy atom. The zero-order chi connectivity index (χ0) is 14.7. The third-order valence-electron chi connectivity index (χ3n) is 5.28. The van der Waals surface area contributed by atoms with Crippen molar-refractivity contribution in [1.82, 2.24) is 14.7 Å². The Morgan fingerprint density at radius 3 is 2.57 bits per heavy atom. The molecule has 0 aromatic carbocycles. The fourth-order valence-corrected chi connectivity index (χ4v) is 4.06. The highest BCUT2D eigenvalue weighted by Gasteiger charge is 2.23. The molecular formula is C17H28ClN3. The van der Waals surface area contributed by atoms with Gasteiger partial charge in [-0.3, -0.25) is 9.58 Å². The van der Waals surface area contributed by atoms with Crippen LogP contribution in [0.3, 0.4) is 0 Å². The molecule has 0 N–H and O–H groups in total. The number of halogens is 1. The first-order valence-corrected chi connectivity index (χ1v) is 9.06. The van der Waals surface area contributed by atoms with Crippen LogP contribution < -0.4 is 0 Å². The summed E-state index contributed by atoms with van der Waals surface area (Å²) in [6.45, 7) is 5.47. The molecule has 1 saturated carbocycles. The number of alkyl halides is 1. The second-order valence-corrected chi connectivity index (χ2v) is 7.56. The maximum Gasteiger partial charge on any atom is 0.0764 e. The lowest BCUT2D eigenvalue weighted by molar-refractivity contribution is 0.174. The number of hydrogen-bond donors (Lipinski definition) is 0. The normalized spacial score (nSPS) is 24.3. The molecule has 3 nitrogen and oxygen atoms in total. The van der Waals surface area contributed by atoms with Crippen molar-refractivity contribution < 1.29 is 0 Å². The summed E-state index contributed by atoms with van der Waals surface area (Å²) >= 11 is 6.22. The molecular weight excluding hydrogens is 282 g/mol. The first kappa shape index (κ1) is 15.4. The third-order valence-corrected chi connectivity index (χ3v) is 5.64. The minimum absolute atomic E-state index is 0.317. The Morgan fingerprint density at radius 1 is 1.19 bits per heavy atom. The summed E-state index contributed by atoms with van der Waals surface area (Å²) in [5.74, 6) is 0.697. The van der Waals surface area contributed by atoms with Gasteiger partial charge in [-0.05, 0) is 57.7 Å². The van der Waals surface area contributed by atoms with Gasteiger partial charge in [0.25, 0.3) is 0 Å². The van der Waals surface area contributed by atoms with Gasteiger partial charge in [-0.15, -0.1) is 11.6 Å². The van der Waals surface area contributed by atoms with Crippen LogP contribution in [0.5, 0.6) is 0 Å². The topological polar surface area (TPSA) is 21.1 Å². The maximum absolute atomic E-state index is 6.22. The molecule has 2 aliphatic rings. The van der Waals surface area contributed by atoms with E-state index in [0.717, 1.165) is 19.6 Å². The van der Waals surface area contributed by atoms with Gasteiger partial charge in [-0.2, -0.15) is 5.10 Å². The molecule has 2 fully saturated rings. The van der Waals surface area contributed by atoms with E-state index in [0.29, 0.717) is 17.3 Å². The average Bonchev–Trinajstić information content (AvgIpc) is 2.97. The van der Waals surface area contributed by atoms with Crippen molar-refractivity contribution in [3.63, 3.8) is 0 Å². The monoisotopic (exact) mass is 309 g/mol. The lowest BCUT2D eigenvalue weighted by Gasteiger charge is -2.32. The van der Waals surface area contributed by atoms with E-state index in [2.05, 4.69) is 28.8 Å². The van der Waals surface area contributed by atoms with Gasteiger partial charge in [0.1, 0.15) is 0 Å². The Labute approximate surface area is 133 Å². The van der Waals surface area contributed by atoms with Crippen molar-refractivity contribution in [2.45, 2.75) is 69.8 Å². The number of aromatic nitrogens is 2. The van der Waals surface area contributed by atoms with Crippen LogP contribution in [0.1, 0.15) is 63.6 Å². The number of hydrogen-bond acceptors (Lipinski definition) is 2. The van der Waals surface area contributed by atoms with Crippen LogP contribution in [0.15, 0.2) is 12.3 Å². The molecule has 21 heavy (non-hydrogen) atoms. The van der Waals surface area contributed by atoms with Gasteiger partial charge in [0.2, 0.25) is 0 Å². The quantitative estimate of drug-likeness (QED) is 0.776. The SMILES string of the molecule is CC(Cl)C1CCN(Cc2ccn(C3CCCCC3)n2)CC1. The van der Waals surface area contributed by atoms with Crippen molar-refractivity contribution in [3.8, 4) is 0 Å². The van der Waals surface area contributed by atoms with E-state index < -0.39 is 0 Å². The van der Waals surface area contributed by atoms with Gasteiger partial charge in [0.15, 0.2) is 0 Å². The molecule has 3 rings (SSSR count). The van der Waals surface area contributed by atoms with Gasteiger partial charge in [0.05, 0.1) is 11.7 Å². The van der Waals surface area contributed by atoms with Crippen LogP contribution in [0.2, 0.25) is 0 Å². The zero-order valence-corrected chi connectivity index (χ0v) is 13.9. The van der Waals surface area contributed by atoms with Crippen LogP contribution in [0.25, 0.3) is 0 Å². The number of rotatable bonds is 4. The summed E-state index contributed by atoms with van der Waals surface area (Å²) < 4.78 is 2.22. The second-order valence-electron chi connectivity index (χ2n) is 6.87. The first-order chi connectivity index (χ1) is 10.2. The van der Waals surface area contributed by atoms with Crippen molar-refractivity contribution in [1.29, 1.82) is 0 Å². The Hall–Kier alpha value is -0.540. The van der Waals surface area contributed by atoms with E-state index >= 15 is 0 Å². The molecule has 0 bridgehead atoms. The van der Waals surface area contributed by atoms with E-state index in [1.54, 1.807) is 0 Å². The van der Waals surface area contributed by atoms with Gasteiger partial charge in [0, 0.05) is 18.1 Å². The summed E-state index contributed by atoms with van der Waals surface area (Å²) in [6.07, 6.45) is 11.4. The van der Waals surface area contributed by atoms with Gasteiger partial charge in [-0.1, -0.05) is 19.3 Å². The lowest BCUT2D eigenvalue weighted by Crippen LogP contribution is -2.35. The standard InChI is InChI=1S/C17H28ClN3/c1-14(18)15-7-10-20(11-8-15)13-16-9-12-21(19-16)17-5-3-2-4-6-17/h9,12,14-15,17H,2-8,10-11,13H2,1H3. The van der Waals surface area contributed by atoms with Crippen molar-refractivity contribution >= 4 is 11.6 Å². The molecule has 1 aromatic heterocycles. The minimum Gasteiger partial charge on any atom is -0.297 e. The van der Waals surface area contributed by atoms with E-state index in [4.69, 9.17) is 16.7 Å². The zero-order valence-electron chi connectivity index (χ0n) is 13.2. The molecule has 118 valence electrons. The molecule has 4 heteroatoms. The van der Waals surface area contributed by atoms with Crippen LogP contribution in [-0.4, -0.2) is 33.1 Å². The molecule has 1 aliphatic heterocycles. The largest absolute Gasteiger partial charge is 0.297 e. The summed E-state index contributed by atoms with van der Waals surface area (Å²) in [5, 5.41) is 5.15. The molecule has 0 spiro atoms. The Kier molecular flexibility index (Phi) is 5.23. The number of piperidine rings is 1. The molecule has 1 saturated heterocycles. The maximum atomic E-state index is 6.22. The van der Waals surface area contributed by atoms with Gasteiger partial charge in [-0.25, -0.2) is 0 Å². The van der Waals surface area contributed by atoms with Crippen LogP contribution >= 0.6 is 11.6 Å². The summed E-state index contributed by atoms with van der Waals surface area (Å²) in [5.41, 5.74) is 1.23. The van der Waals surface area contributed by atoms with E-state index in [-0.39, 0.29) is 0 Å². The van der Waals surface area contributed by atoms with E-state index in [1.165, 1.54) is 50.6 Å². The van der Waals surface area contributed by atoms with Crippen molar-refractivity contribution in [2.24, 2.45) is 5.92 Å². The highest BCUT2D eigenvalue weighted by Crippen LogP contribution is 2.28. The third kappa shape index (κ3) is 4.01. The Balaban J connectivity index is 1.51. The lowest BCUT2D eigenvalue weighted by atomic mass is 9.94. The second kappa shape index (κ2) is 7.15. The van der Waals surface area contributed by atoms with Crippen molar-refractivity contribution in [3.05, 3.63) is 18.0 Å². The molecule has 1 aromatic rings. The smallest absolute Gasteiger partial charge is 0.0764 e. The predicted octanol–water partition coefficient (Wildman–Crippen LogP) is 4.23. The number of likely N-dealkylation sites (tertiary alicyclic amines) is 1. The first-order valence-electron chi connectivity index (χ1n) is 8.63. The fraction of sp³-hybridized carbons (Fsp3) is 0.824. The molecule has 1 aliphatic carbocycles. The summed E-state index contributed by atoms with van der Waals surface area (Å²) in [6, 6.07) is 2.86. The van der Waals surface area contributed by atoms with E-state index in [9.17, 15) is 0 Å². The highest BCUT2D eigenvalue weighted by molar-refractivity contribution is 6.20. The molecule has 1 unspecified atom stereocenters. The summed E-state index contributed by atoms with van der Waals surface area (Å²) in [7, 11) is 0. The van der Waals surface area contributed by atoms with Crippen LogP contribution in [-0.2, 0) is 6.54 Å². The van der Waals surface area contributed by atoms with E-state index in [1.807, 2.05) is 0 Å². The molecule has 2 heterocycles. The fourth-order valence-electron chi connectivity index (χ4n) is 3.81. The predicted molar refractivity (Wildman–Crippen MR) is 87.7 cm³/mol. The number of nitrogens with zero attached hydrogens (tertiary/aromatic N) is 3. The average molecular weight is 310 g/mol. The molecule has 0 radical (unpaired) electrons. The Bertz CT molecular complexity index is 429.